The molecule has 1 aromatic carbocycles. The average Bonchev–Trinajstić information content (AvgIpc) is 2.47. The smallest absolute Gasteiger partial charge is 0.193 e. The second-order valence-corrected chi connectivity index (χ2v) is 6.86. The van der Waals surface area contributed by atoms with Crippen molar-refractivity contribution < 1.29 is 4.74 Å². The third-order valence-corrected chi connectivity index (χ3v) is 3.68. The minimum absolute atomic E-state index is 0.173. The number of guanidine groups is 1. The molecule has 0 spiro atoms. The van der Waals surface area contributed by atoms with Gasteiger partial charge in [0.2, 0.25) is 0 Å². The second-order valence-electron chi connectivity index (χ2n) is 6.86. The number of nitrogens with one attached hydrogen (secondary N) is 1. The van der Waals surface area contributed by atoms with E-state index in [0.29, 0.717) is 18.0 Å². The number of ether oxygens (including phenoxy) is 1. The zero-order valence-electron chi connectivity index (χ0n) is 16.0. The molecule has 0 bridgehead atoms. The van der Waals surface area contributed by atoms with Gasteiger partial charge in [0.25, 0.3) is 0 Å². The topological polar surface area (TPSA) is 62.9 Å². The summed E-state index contributed by atoms with van der Waals surface area (Å²) in [5.74, 6) is 1.31. The van der Waals surface area contributed by atoms with E-state index in [9.17, 15) is 0 Å². The maximum atomic E-state index is 5.96. The Labute approximate surface area is 147 Å². The molecule has 0 saturated heterocycles. The van der Waals surface area contributed by atoms with Gasteiger partial charge in [-0.15, -0.1) is 0 Å². The number of anilines is 1. The van der Waals surface area contributed by atoms with E-state index < -0.39 is 0 Å². The predicted molar refractivity (Wildman–Crippen MR) is 104 cm³/mol. The summed E-state index contributed by atoms with van der Waals surface area (Å²) < 4.78 is 5.62. The summed E-state index contributed by atoms with van der Waals surface area (Å²) in [7, 11) is 0. The molecule has 1 rings (SSSR count). The van der Waals surface area contributed by atoms with Gasteiger partial charge in [0.05, 0.1) is 6.10 Å². The van der Waals surface area contributed by atoms with E-state index in [1.165, 1.54) is 0 Å². The first-order valence-corrected chi connectivity index (χ1v) is 8.89. The number of benzene rings is 1. The van der Waals surface area contributed by atoms with Gasteiger partial charge in [-0.05, 0) is 72.2 Å². The lowest BCUT2D eigenvalue weighted by Gasteiger charge is -2.30. The van der Waals surface area contributed by atoms with Crippen LogP contribution in [0.4, 0.5) is 5.69 Å². The minimum Gasteiger partial charge on any atom is -0.491 e. The summed E-state index contributed by atoms with van der Waals surface area (Å²) in [5, 5.41) is 3.11. The molecule has 0 aliphatic carbocycles. The van der Waals surface area contributed by atoms with Gasteiger partial charge < -0.3 is 15.8 Å². The van der Waals surface area contributed by atoms with Crippen LogP contribution >= 0.6 is 0 Å². The maximum absolute atomic E-state index is 5.96. The molecule has 0 aliphatic heterocycles. The van der Waals surface area contributed by atoms with Gasteiger partial charge in [0.1, 0.15) is 5.75 Å². The number of rotatable bonds is 9. The van der Waals surface area contributed by atoms with Gasteiger partial charge >= 0.3 is 0 Å². The highest BCUT2D eigenvalue weighted by Gasteiger charge is 2.11. The molecule has 0 amide bonds. The Morgan fingerprint density at radius 3 is 2.17 bits per heavy atom. The van der Waals surface area contributed by atoms with Crippen LogP contribution in [0, 0.1) is 0 Å². The predicted octanol–water partition coefficient (Wildman–Crippen LogP) is 3.71. The lowest BCUT2D eigenvalue weighted by molar-refractivity contribution is 0.174. The van der Waals surface area contributed by atoms with Crippen LogP contribution in [0.5, 0.6) is 5.75 Å². The molecule has 136 valence electrons. The number of hydrogen-bond acceptors (Lipinski definition) is 3. The molecule has 0 atom stereocenters. The minimum atomic E-state index is 0.173. The van der Waals surface area contributed by atoms with Gasteiger partial charge in [-0.2, -0.15) is 0 Å². The fourth-order valence-corrected chi connectivity index (χ4v) is 2.64. The molecule has 0 saturated carbocycles. The summed E-state index contributed by atoms with van der Waals surface area (Å²) in [5.41, 5.74) is 6.87. The third kappa shape index (κ3) is 7.68. The first-order valence-electron chi connectivity index (χ1n) is 8.89. The number of nitrogens with zero attached hydrogens (tertiary/aromatic N) is 2. The fourth-order valence-electron chi connectivity index (χ4n) is 2.64. The van der Waals surface area contributed by atoms with Crippen LogP contribution < -0.4 is 15.8 Å². The van der Waals surface area contributed by atoms with Crippen molar-refractivity contribution in [2.24, 2.45) is 10.7 Å². The quantitative estimate of drug-likeness (QED) is 0.410. The monoisotopic (exact) mass is 334 g/mol. The van der Waals surface area contributed by atoms with E-state index >= 15 is 0 Å². The number of hydrogen-bond donors (Lipinski definition) is 2. The van der Waals surface area contributed by atoms with Gasteiger partial charge in [-0.1, -0.05) is 0 Å². The van der Waals surface area contributed by atoms with Crippen molar-refractivity contribution >= 4 is 11.6 Å². The van der Waals surface area contributed by atoms with E-state index in [1.807, 2.05) is 38.1 Å². The standard InChI is InChI=1S/C19H34N4O/c1-14(2)23(15(3)4)13-7-12-21-19(20)22-17-8-10-18(11-9-17)24-16(5)6/h8-11,14-16H,7,12-13H2,1-6H3,(H3,20,21,22). The Kier molecular flexibility index (Phi) is 8.61. The third-order valence-electron chi connectivity index (χ3n) is 3.68. The van der Waals surface area contributed by atoms with Crippen LogP contribution in [-0.4, -0.2) is 42.1 Å². The van der Waals surface area contributed by atoms with Crippen molar-refractivity contribution in [3.05, 3.63) is 24.3 Å². The van der Waals surface area contributed by atoms with Crippen molar-refractivity contribution in [2.45, 2.75) is 66.2 Å². The van der Waals surface area contributed by atoms with E-state index in [-0.39, 0.29) is 6.10 Å². The van der Waals surface area contributed by atoms with E-state index in [0.717, 1.165) is 30.9 Å². The first kappa shape index (κ1) is 20.3. The molecule has 24 heavy (non-hydrogen) atoms. The second kappa shape index (κ2) is 10.2. The highest BCUT2D eigenvalue weighted by molar-refractivity contribution is 5.92. The van der Waals surface area contributed by atoms with Crippen LogP contribution in [0.3, 0.4) is 0 Å². The zero-order valence-corrected chi connectivity index (χ0v) is 16.0. The Hall–Kier alpha value is -1.75. The molecule has 0 radical (unpaired) electrons. The molecular formula is C19H34N4O. The summed E-state index contributed by atoms with van der Waals surface area (Å²) in [4.78, 5) is 6.87. The SMILES string of the molecule is CC(C)Oc1ccc(NC(N)=NCCCN(C(C)C)C(C)C)cc1. The Bertz CT molecular complexity index is 487. The molecule has 0 unspecified atom stereocenters. The molecule has 0 heterocycles. The molecule has 0 aromatic heterocycles. The van der Waals surface area contributed by atoms with Gasteiger partial charge in [-0.25, -0.2) is 0 Å². The molecule has 3 N–H and O–H groups in total. The molecule has 0 fully saturated rings. The van der Waals surface area contributed by atoms with Gasteiger partial charge in [0.15, 0.2) is 5.96 Å². The molecule has 5 nitrogen and oxygen atoms in total. The average molecular weight is 335 g/mol. The lowest BCUT2D eigenvalue weighted by atomic mass is 10.2. The first-order chi connectivity index (χ1) is 11.3. The lowest BCUT2D eigenvalue weighted by Crippen LogP contribution is -2.38. The highest BCUT2D eigenvalue weighted by atomic mass is 16.5. The summed E-state index contributed by atoms with van der Waals surface area (Å²) in [6.45, 7) is 14.7. The van der Waals surface area contributed by atoms with Crippen molar-refractivity contribution in [3.63, 3.8) is 0 Å². The molecule has 0 aliphatic rings. The number of aliphatic imine (C=N–C) groups is 1. The van der Waals surface area contributed by atoms with E-state index in [2.05, 4.69) is 42.9 Å². The summed E-state index contributed by atoms with van der Waals surface area (Å²) >= 11 is 0. The zero-order chi connectivity index (χ0) is 18.1. The van der Waals surface area contributed by atoms with Crippen LogP contribution in [0.25, 0.3) is 0 Å². The van der Waals surface area contributed by atoms with Crippen LogP contribution in [0.15, 0.2) is 29.3 Å². The summed E-state index contributed by atoms with van der Waals surface area (Å²) in [6, 6.07) is 8.85. The largest absolute Gasteiger partial charge is 0.491 e. The molecule has 1 aromatic rings. The van der Waals surface area contributed by atoms with Gasteiger partial charge in [0, 0.05) is 30.9 Å². The molecule has 5 heteroatoms. The molecular weight excluding hydrogens is 300 g/mol. The van der Waals surface area contributed by atoms with Crippen LogP contribution in [-0.2, 0) is 0 Å². The summed E-state index contributed by atoms with van der Waals surface area (Å²) in [6.07, 6.45) is 1.17. The van der Waals surface area contributed by atoms with E-state index in [1.54, 1.807) is 0 Å². The van der Waals surface area contributed by atoms with Crippen molar-refractivity contribution in [3.8, 4) is 5.75 Å². The van der Waals surface area contributed by atoms with Crippen molar-refractivity contribution in [2.75, 3.05) is 18.4 Å². The fraction of sp³-hybridized carbons (Fsp3) is 0.632. The van der Waals surface area contributed by atoms with E-state index in [4.69, 9.17) is 10.5 Å². The Morgan fingerprint density at radius 1 is 1.08 bits per heavy atom. The Morgan fingerprint density at radius 2 is 1.67 bits per heavy atom. The van der Waals surface area contributed by atoms with Crippen LogP contribution in [0.1, 0.15) is 48.0 Å². The van der Waals surface area contributed by atoms with Crippen molar-refractivity contribution in [1.29, 1.82) is 0 Å². The highest BCUT2D eigenvalue weighted by Crippen LogP contribution is 2.16. The normalized spacial score (nSPS) is 12.5. The van der Waals surface area contributed by atoms with Crippen LogP contribution in [0.2, 0.25) is 0 Å². The Balaban J connectivity index is 2.41. The van der Waals surface area contributed by atoms with Crippen molar-refractivity contribution in [1.82, 2.24) is 4.90 Å². The number of nitrogens with two attached hydrogens (primary N) is 1. The van der Waals surface area contributed by atoms with Gasteiger partial charge in [-0.3, -0.25) is 9.89 Å². The maximum Gasteiger partial charge on any atom is 0.193 e.